The first kappa shape index (κ1) is 14.8. The molecular formula is C14H23F3N2. The van der Waals surface area contributed by atoms with Crippen LogP contribution in [0.5, 0.6) is 0 Å². The summed E-state index contributed by atoms with van der Waals surface area (Å²) < 4.78 is 38.8. The highest BCUT2D eigenvalue weighted by atomic mass is 19.4. The molecule has 2 aliphatic rings. The van der Waals surface area contributed by atoms with Crippen LogP contribution in [0.2, 0.25) is 0 Å². The normalized spacial score (nSPS) is 34.8. The largest absolute Gasteiger partial charge is 0.391 e. The summed E-state index contributed by atoms with van der Waals surface area (Å²) in [5.74, 6) is -0.928. The van der Waals surface area contributed by atoms with E-state index in [9.17, 15) is 13.2 Å². The van der Waals surface area contributed by atoms with E-state index in [0.717, 1.165) is 25.9 Å². The van der Waals surface area contributed by atoms with Crippen molar-refractivity contribution in [3.8, 4) is 0 Å². The molecule has 1 unspecified atom stereocenters. The Labute approximate surface area is 113 Å². The molecule has 1 aliphatic heterocycles. The molecule has 1 saturated heterocycles. The molecule has 1 aliphatic carbocycles. The van der Waals surface area contributed by atoms with Crippen molar-refractivity contribution in [3.63, 3.8) is 0 Å². The van der Waals surface area contributed by atoms with E-state index in [2.05, 4.69) is 9.89 Å². The number of aliphatic imine (C=N–C) groups is 1. The van der Waals surface area contributed by atoms with Gasteiger partial charge in [0.25, 0.3) is 0 Å². The first-order valence-electron chi connectivity index (χ1n) is 7.25. The summed E-state index contributed by atoms with van der Waals surface area (Å²) >= 11 is 0. The fourth-order valence-electron chi connectivity index (χ4n) is 3.50. The van der Waals surface area contributed by atoms with Crippen LogP contribution in [0.4, 0.5) is 13.2 Å². The lowest BCUT2D eigenvalue weighted by molar-refractivity contribution is -0.188. The predicted octanol–water partition coefficient (Wildman–Crippen LogP) is 3.52. The van der Waals surface area contributed by atoms with Crippen LogP contribution >= 0.6 is 0 Å². The number of hydrogen-bond acceptors (Lipinski definition) is 2. The van der Waals surface area contributed by atoms with Gasteiger partial charge in [-0.1, -0.05) is 6.42 Å². The lowest BCUT2D eigenvalue weighted by atomic mass is 9.77. The Morgan fingerprint density at radius 3 is 2.37 bits per heavy atom. The molecule has 0 aromatic rings. The SMILES string of the molecule is C/N=C/C1CC[C@H](C(F)(F)F)C[C@@H]1N1CCCCC1. The number of hydrogen-bond donors (Lipinski definition) is 0. The molecular weight excluding hydrogens is 253 g/mol. The van der Waals surface area contributed by atoms with E-state index in [4.69, 9.17) is 0 Å². The molecule has 0 spiro atoms. The van der Waals surface area contributed by atoms with Crippen molar-refractivity contribution < 1.29 is 13.2 Å². The van der Waals surface area contributed by atoms with Crippen LogP contribution in [0.15, 0.2) is 4.99 Å². The quantitative estimate of drug-likeness (QED) is 0.705. The van der Waals surface area contributed by atoms with E-state index < -0.39 is 12.1 Å². The zero-order chi connectivity index (χ0) is 13.9. The Hall–Kier alpha value is -0.580. The fourth-order valence-corrected chi connectivity index (χ4v) is 3.50. The number of piperidine rings is 1. The van der Waals surface area contributed by atoms with Crippen molar-refractivity contribution >= 4 is 6.21 Å². The number of likely N-dealkylation sites (tertiary alicyclic amines) is 1. The van der Waals surface area contributed by atoms with Gasteiger partial charge in [-0.15, -0.1) is 0 Å². The number of alkyl halides is 3. The van der Waals surface area contributed by atoms with Gasteiger partial charge in [0.2, 0.25) is 0 Å². The van der Waals surface area contributed by atoms with Gasteiger partial charge >= 0.3 is 6.18 Å². The van der Waals surface area contributed by atoms with Crippen molar-refractivity contribution in [2.75, 3.05) is 20.1 Å². The van der Waals surface area contributed by atoms with Crippen LogP contribution in [-0.2, 0) is 0 Å². The average Bonchev–Trinajstić information content (AvgIpc) is 2.39. The monoisotopic (exact) mass is 276 g/mol. The number of nitrogens with zero attached hydrogens (tertiary/aromatic N) is 2. The Morgan fingerprint density at radius 2 is 1.79 bits per heavy atom. The van der Waals surface area contributed by atoms with Crippen molar-refractivity contribution in [2.24, 2.45) is 16.8 Å². The molecule has 2 fully saturated rings. The third-order valence-corrected chi connectivity index (χ3v) is 4.53. The zero-order valence-corrected chi connectivity index (χ0v) is 11.5. The van der Waals surface area contributed by atoms with E-state index in [-0.39, 0.29) is 24.8 Å². The second kappa shape index (κ2) is 6.25. The Balaban J connectivity index is 2.07. The van der Waals surface area contributed by atoms with Crippen molar-refractivity contribution in [1.29, 1.82) is 0 Å². The smallest absolute Gasteiger partial charge is 0.301 e. The number of halogens is 3. The second-order valence-electron chi connectivity index (χ2n) is 5.79. The molecule has 0 aromatic heterocycles. The highest BCUT2D eigenvalue weighted by Crippen LogP contribution is 2.41. The van der Waals surface area contributed by atoms with Gasteiger partial charge in [-0.05, 0) is 45.2 Å². The lowest BCUT2D eigenvalue weighted by Crippen LogP contribution is -2.49. The summed E-state index contributed by atoms with van der Waals surface area (Å²) in [6, 6.07) is 0.0318. The summed E-state index contributed by atoms with van der Waals surface area (Å²) in [4.78, 5) is 6.33. The maximum absolute atomic E-state index is 12.9. The lowest BCUT2D eigenvalue weighted by Gasteiger charge is -2.43. The Morgan fingerprint density at radius 1 is 1.11 bits per heavy atom. The molecule has 110 valence electrons. The highest BCUT2D eigenvalue weighted by molar-refractivity contribution is 5.61. The minimum Gasteiger partial charge on any atom is -0.301 e. The molecule has 0 radical (unpaired) electrons. The van der Waals surface area contributed by atoms with Crippen LogP contribution in [0.25, 0.3) is 0 Å². The van der Waals surface area contributed by atoms with E-state index in [0.29, 0.717) is 6.42 Å². The van der Waals surface area contributed by atoms with Crippen LogP contribution in [-0.4, -0.2) is 43.5 Å². The first-order valence-corrected chi connectivity index (χ1v) is 7.25. The third kappa shape index (κ3) is 3.71. The van der Waals surface area contributed by atoms with Gasteiger partial charge in [-0.25, -0.2) is 0 Å². The zero-order valence-electron chi connectivity index (χ0n) is 11.5. The van der Waals surface area contributed by atoms with Crippen molar-refractivity contribution in [2.45, 2.75) is 50.7 Å². The van der Waals surface area contributed by atoms with E-state index in [1.165, 1.54) is 6.42 Å². The van der Waals surface area contributed by atoms with E-state index >= 15 is 0 Å². The van der Waals surface area contributed by atoms with Crippen LogP contribution in [0.3, 0.4) is 0 Å². The molecule has 1 saturated carbocycles. The first-order chi connectivity index (χ1) is 9.02. The number of rotatable bonds is 2. The molecule has 2 nitrogen and oxygen atoms in total. The topological polar surface area (TPSA) is 15.6 Å². The molecule has 19 heavy (non-hydrogen) atoms. The summed E-state index contributed by atoms with van der Waals surface area (Å²) in [6.45, 7) is 1.90. The van der Waals surface area contributed by atoms with Crippen LogP contribution in [0.1, 0.15) is 38.5 Å². The molecule has 5 heteroatoms. The molecule has 2 rings (SSSR count). The summed E-state index contributed by atoms with van der Waals surface area (Å²) in [5, 5.41) is 0. The summed E-state index contributed by atoms with van der Waals surface area (Å²) in [7, 11) is 1.71. The standard InChI is InChI=1S/C14H23F3N2/c1-18-10-11-5-6-12(14(15,16)17)9-13(11)19-7-3-2-4-8-19/h10-13H,2-9H2,1H3/b18-10+/t11?,12-,13-/m0/s1. The molecule has 0 aromatic carbocycles. The van der Waals surface area contributed by atoms with Crippen LogP contribution in [0, 0.1) is 11.8 Å². The van der Waals surface area contributed by atoms with Gasteiger partial charge in [-0.2, -0.15) is 13.2 Å². The highest BCUT2D eigenvalue weighted by Gasteiger charge is 2.45. The minimum absolute atomic E-state index is 0.0318. The maximum Gasteiger partial charge on any atom is 0.391 e. The predicted molar refractivity (Wildman–Crippen MR) is 70.5 cm³/mol. The minimum atomic E-state index is -4.04. The summed E-state index contributed by atoms with van der Waals surface area (Å²) in [5.41, 5.74) is 0. The average molecular weight is 276 g/mol. The van der Waals surface area contributed by atoms with Gasteiger partial charge < -0.3 is 4.99 Å². The van der Waals surface area contributed by atoms with Crippen LogP contribution < -0.4 is 0 Å². The van der Waals surface area contributed by atoms with E-state index in [1.54, 1.807) is 7.05 Å². The molecule has 0 N–H and O–H groups in total. The second-order valence-corrected chi connectivity index (χ2v) is 5.79. The summed E-state index contributed by atoms with van der Waals surface area (Å²) in [6.07, 6.45) is 2.38. The Bertz CT molecular complexity index is 308. The molecule has 0 amide bonds. The Kier molecular flexibility index (Phi) is 4.87. The third-order valence-electron chi connectivity index (χ3n) is 4.53. The molecule has 1 heterocycles. The molecule has 3 atom stereocenters. The van der Waals surface area contributed by atoms with Gasteiger partial charge in [0, 0.05) is 25.2 Å². The van der Waals surface area contributed by atoms with Crippen molar-refractivity contribution in [3.05, 3.63) is 0 Å². The van der Waals surface area contributed by atoms with Gasteiger partial charge in [-0.3, -0.25) is 4.90 Å². The van der Waals surface area contributed by atoms with Gasteiger partial charge in [0.1, 0.15) is 0 Å². The van der Waals surface area contributed by atoms with E-state index in [1.807, 2.05) is 6.21 Å². The maximum atomic E-state index is 12.9. The van der Waals surface area contributed by atoms with Gasteiger partial charge in [0.05, 0.1) is 5.92 Å². The fraction of sp³-hybridized carbons (Fsp3) is 0.929. The van der Waals surface area contributed by atoms with Crippen molar-refractivity contribution in [1.82, 2.24) is 4.90 Å². The molecule has 0 bridgehead atoms. The van der Waals surface area contributed by atoms with Gasteiger partial charge in [0.15, 0.2) is 0 Å².